The number of hydrogen-bond acceptors (Lipinski definition) is 2. The summed E-state index contributed by atoms with van der Waals surface area (Å²) in [5.74, 6) is 0.874. The van der Waals surface area contributed by atoms with Crippen LogP contribution in [0.15, 0.2) is 42.6 Å². The van der Waals surface area contributed by atoms with Crippen molar-refractivity contribution in [1.29, 1.82) is 0 Å². The van der Waals surface area contributed by atoms with Crippen LogP contribution in [0, 0.1) is 6.92 Å². The molecule has 0 aliphatic rings. The number of aryl methyl sites for hydroxylation is 2. The molecule has 1 aromatic heterocycles. The highest BCUT2D eigenvalue weighted by atomic mass is 16.5. The molecule has 0 fully saturated rings. The van der Waals surface area contributed by atoms with Crippen molar-refractivity contribution in [2.75, 3.05) is 6.61 Å². The average Bonchev–Trinajstić information content (AvgIpc) is 2.90. The zero-order chi connectivity index (χ0) is 25.8. The fraction of sp³-hybridized carbons (Fsp3) is 0.625. The number of unbranched alkanes of at least 4 members (excludes halogenated alkanes) is 13. The summed E-state index contributed by atoms with van der Waals surface area (Å²) in [6.07, 6.45) is 21.1. The van der Waals surface area contributed by atoms with Crippen molar-refractivity contribution < 1.29 is 14.1 Å². The van der Waals surface area contributed by atoms with Crippen LogP contribution in [-0.2, 0) is 13.1 Å². The van der Waals surface area contributed by atoms with Gasteiger partial charge in [0.2, 0.25) is 0 Å². The maximum Gasteiger partial charge on any atom is 0.316 e. The number of hydrogen-bond donors (Lipinski definition) is 1. The van der Waals surface area contributed by atoms with Gasteiger partial charge in [-0.2, -0.15) is 4.57 Å². The number of rotatable bonds is 20. The third kappa shape index (κ3) is 12.1. The number of nitrogens with zero attached hydrogens (tertiary/aromatic N) is 1. The highest BCUT2D eigenvalue weighted by Crippen LogP contribution is 2.18. The number of nitrogens with one attached hydrogen (secondary N) is 1. The lowest BCUT2D eigenvalue weighted by atomic mass is 10.0. The summed E-state index contributed by atoms with van der Waals surface area (Å²) in [6, 6.07) is 11.9. The molecule has 0 bridgehead atoms. The summed E-state index contributed by atoms with van der Waals surface area (Å²) >= 11 is 0. The van der Waals surface area contributed by atoms with Gasteiger partial charge in [-0.25, -0.2) is 0 Å². The Bertz CT molecular complexity index is 865. The van der Waals surface area contributed by atoms with Crippen molar-refractivity contribution in [1.82, 2.24) is 5.32 Å². The van der Waals surface area contributed by atoms with Crippen molar-refractivity contribution in [2.24, 2.45) is 0 Å². The predicted octanol–water partition coefficient (Wildman–Crippen LogP) is 8.09. The van der Waals surface area contributed by atoms with Gasteiger partial charge in [0.15, 0.2) is 6.20 Å². The topological polar surface area (TPSA) is 42.2 Å². The van der Waals surface area contributed by atoms with Crippen LogP contribution >= 0.6 is 0 Å². The minimum absolute atomic E-state index is 0.0463. The van der Waals surface area contributed by atoms with E-state index in [9.17, 15) is 4.79 Å². The lowest BCUT2D eigenvalue weighted by Gasteiger charge is -2.11. The van der Waals surface area contributed by atoms with Crippen LogP contribution in [-0.4, -0.2) is 12.5 Å². The molecular weight excluding hydrogens is 444 g/mol. The summed E-state index contributed by atoms with van der Waals surface area (Å²) in [6.45, 7) is 8.47. The van der Waals surface area contributed by atoms with Gasteiger partial charge in [0.1, 0.15) is 12.3 Å². The number of aromatic nitrogens is 1. The Labute approximate surface area is 220 Å². The fourth-order valence-corrected chi connectivity index (χ4v) is 4.67. The van der Waals surface area contributed by atoms with Gasteiger partial charge in [-0.1, -0.05) is 96.5 Å². The van der Waals surface area contributed by atoms with Crippen molar-refractivity contribution in [3.05, 3.63) is 59.4 Å². The van der Waals surface area contributed by atoms with Gasteiger partial charge in [-0.3, -0.25) is 4.79 Å². The zero-order valence-corrected chi connectivity index (χ0v) is 23.3. The van der Waals surface area contributed by atoms with Crippen LogP contribution in [0.3, 0.4) is 0 Å². The molecule has 0 spiro atoms. The summed E-state index contributed by atoms with van der Waals surface area (Å²) in [7, 11) is 0. The highest BCUT2D eigenvalue weighted by Gasteiger charge is 2.17. The lowest BCUT2D eigenvalue weighted by Crippen LogP contribution is -2.42. The molecule has 0 unspecified atom stereocenters. The Kier molecular flexibility index (Phi) is 15.6. The molecule has 1 amide bonds. The Hall–Kier alpha value is -2.36. The first kappa shape index (κ1) is 29.9. The molecule has 1 N–H and O–H groups in total. The molecule has 4 nitrogen and oxygen atoms in total. The normalized spacial score (nSPS) is 11.0. The monoisotopic (exact) mass is 495 g/mol. The molecule has 0 aliphatic carbocycles. The minimum Gasteiger partial charge on any atom is -0.494 e. The Morgan fingerprint density at radius 3 is 2.00 bits per heavy atom. The molecule has 1 heterocycles. The molecule has 0 saturated carbocycles. The quantitative estimate of drug-likeness (QED) is 0.149. The van der Waals surface area contributed by atoms with E-state index >= 15 is 0 Å². The van der Waals surface area contributed by atoms with E-state index in [4.69, 9.17) is 4.74 Å². The number of benzene rings is 1. The van der Waals surface area contributed by atoms with E-state index in [0.717, 1.165) is 36.4 Å². The van der Waals surface area contributed by atoms with Crippen LogP contribution in [0.5, 0.6) is 5.75 Å². The molecule has 0 aliphatic heterocycles. The molecule has 1 aromatic carbocycles. The molecule has 2 aromatic rings. The number of carbonyl (C=O) groups is 1. The van der Waals surface area contributed by atoms with E-state index in [-0.39, 0.29) is 5.91 Å². The van der Waals surface area contributed by atoms with E-state index in [1.165, 1.54) is 83.5 Å². The molecular formula is C32H51N2O2+. The number of carbonyl (C=O) groups excluding carboxylic acids is 1. The van der Waals surface area contributed by atoms with E-state index in [1.54, 1.807) is 0 Å². The van der Waals surface area contributed by atoms with Crippen LogP contribution < -0.4 is 14.6 Å². The van der Waals surface area contributed by atoms with E-state index in [1.807, 2.05) is 42.0 Å². The van der Waals surface area contributed by atoms with Gasteiger partial charge >= 0.3 is 5.91 Å². The third-order valence-electron chi connectivity index (χ3n) is 7.03. The van der Waals surface area contributed by atoms with Crippen molar-refractivity contribution >= 4 is 5.91 Å². The first-order valence-corrected chi connectivity index (χ1v) is 14.6. The second-order valence-corrected chi connectivity index (χ2v) is 10.1. The SMILES string of the molecule is CCCCCCCCCCCCCCCCOc1ccc(CNC(=O)c2cccc[n+]2CC)c(C)c1. The first-order chi connectivity index (χ1) is 17.7. The highest BCUT2D eigenvalue weighted by molar-refractivity contribution is 5.90. The molecule has 0 radical (unpaired) electrons. The lowest BCUT2D eigenvalue weighted by molar-refractivity contribution is -0.695. The van der Waals surface area contributed by atoms with Gasteiger partial charge in [-0.15, -0.1) is 0 Å². The first-order valence-electron chi connectivity index (χ1n) is 14.6. The molecule has 0 saturated heterocycles. The van der Waals surface area contributed by atoms with Crippen LogP contribution in [0.25, 0.3) is 0 Å². The molecule has 4 heteroatoms. The van der Waals surface area contributed by atoms with Crippen LogP contribution in [0.1, 0.15) is 125 Å². The Morgan fingerprint density at radius 2 is 1.42 bits per heavy atom. The van der Waals surface area contributed by atoms with Crippen LogP contribution in [0.4, 0.5) is 0 Å². The van der Waals surface area contributed by atoms with Crippen molar-refractivity contribution in [3.63, 3.8) is 0 Å². The number of ether oxygens (including phenoxy) is 1. The molecule has 200 valence electrons. The largest absolute Gasteiger partial charge is 0.494 e. The maximum atomic E-state index is 12.6. The third-order valence-corrected chi connectivity index (χ3v) is 7.03. The van der Waals surface area contributed by atoms with E-state index in [0.29, 0.717) is 12.2 Å². The van der Waals surface area contributed by atoms with Crippen molar-refractivity contribution in [2.45, 2.75) is 124 Å². The number of pyridine rings is 1. The number of amides is 1. The smallest absolute Gasteiger partial charge is 0.316 e. The second kappa shape index (κ2) is 18.8. The minimum atomic E-state index is -0.0463. The molecule has 2 rings (SSSR count). The van der Waals surface area contributed by atoms with Gasteiger partial charge in [0.25, 0.3) is 5.69 Å². The van der Waals surface area contributed by atoms with E-state index < -0.39 is 0 Å². The van der Waals surface area contributed by atoms with E-state index in [2.05, 4.69) is 31.3 Å². The van der Waals surface area contributed by atoms with Gasteiger partial charge < -0.3 is 10.1 Å². The fourth-order valence-electron chi connectivity index (χ4n) is 4.67. The second-order valence-electron chi connectivity index (χ2n) is 10.1. The van der Waals surface area contributed by atoms with Gasteiger partial charge in [0, 0.05) is 18.7 Å². The summed E-state index contributed by atoms with van der Waals surface area (Å²) in [5, 5.41) is 3.05. The Balaban J connectivity index is 1.52. The summed E-state index contributed by atoms with van der Waals surface area (Å²) < 4.78 is 7.94. The summed E-state index contributed by atoms with van der Waals surface area (Å²) in [5.41, 5.74) is 2.95. The summed E-state index contributed by atoms with van der Waals surface area (Å²) in [4.78, 5) is 12.6. The molecule has 36 heavy (non-hydrogen) atoms. The average molecular weight is 496 g/mol. The standard InChI is InChI=1S/C32H50N2O2/c1-4-6-7-8-9-10-11-12-13-14-15-16-17-20-25-36-30-23-22-29(28(3)26-30)27-33-32(35)31-21-18-19-24-34(31)5-2/h18-19,21-24,26H,4-17,20,25,27H2,1-3H3/p+1. The maximum absolute atomic E-state index is 12.6. The van der Waals surface area contributed by atoms with Crippen LogP contribution in [0.2, 0.25) is 0 Å². The van der Waals surface area contributed by atoms with Gasteiger partial charge in [-0.05, 0) is 49.6 Å². The Morgan fingerprint density at radius 1 is 0.806 bits per heavy atom. The molecule has 0 atom stereocenters. The van der Waals surface area contributed by atoms with Crippen molar-refractivity contribution in [3.8, 4) is 5.75 Å². The predicted molar refractivity (Wildman–Crippen MR) is 150 cm³/mol. The zero-order valence-electron chi connectivity index (χ0n) is 23.3. The van der Waals surface area contributed by atoms with Gasteiger partial charge in [0.05, 0.1) is 6.61 Å².